The molecule has 0 unspecified atom stereocenters. The lowest BCUT2D eigenvalue weighted by Gasteiger charge is -2.08. The number of hydrogen-bond acceptors (Lipinski definition) is 7. The van der Waals surface area contributed by atoms with Gasteiger partial charge >= 0.3 is 0 Å². The van der Waals surface area contributed by atoms with Gasteiger partial charge in [-0.3, -0.25) is 4.55 Å². The maximum Gasteiger partial charge on any atom is 0.261 e. The molecule has 0 fully saturated rings. The summed E-state index contributed by atoms with van der Waals surface area (Å²) in [6.07, 6.45) is 7.55. The number of hydrogen-bond donors (Lipinski definition) is 2. The summed E-state index contributed by atoms with van der Waals surface area (Å²) in [5, 5.41) is 8.19. The summed E-state index contributed by atoms with van der Waals surface area (Å²) in [5.41, 5.74) is 5.85. The zero-order valence-corrected chi connectivity index (χ0v) is 14.2. The van der Waals surface area contributed by atoms with Crippen LogP contribution in [0.4, 0.5) is 5.82 Å². The third-order valence-electron chi connectivity index (χ3n) is 2.28. The van der Waals surface area contributed by atoms with Gasteiger partial charge in [0.2, 0.25) is 0 Å². The number of anilines is 1. The van der Waals surface area contributed by atoms with Crippen LogP contribution in [0.25, 0.3) is 11.8 Å². The molecule has 23 heavy (non-hydrogen) atoms. The molecule has 0 aliphatic heterocycles. The minimum Gasteiger partial charge on any atom is -0.383 e. The summed E-state index contributed by atoms with van der Waals surface area (Å²) < 4.78 is 29.6. The van der Waals surface area contributed by atoms with E-state index in [1.165, 1.54) is 4.68 Å². The SMILES string of the molecule is CS(=O)(=O)O.Nc1nc(-n2cccn2)nc(-n2cccn2)c1Br. The second kappa shape index (κ2) is 6.85. The van der Waals surface area contributed by atoms with Crippen molar-refractivity contribution in [1.82, 2.24) is 29.5 Å². The van der Waals surface area contributed by atoms with E-state index in [0.29, 0.717) is 28.3 Å². The summed E-state index contributed by atoms with van der Waals surface area (Å²) in [6.45, 7) is 0. The van der Waals surface area contributed by atoms with Crippen molar-refractivity contribution in [3.8, 4) is 11.8 Å². The quantitative estimate of drug-likeness (QED) is 0.597. The molecule has 0 saturated carbocycles. The van der Waals surface area contributed by atoms with Gasteiger partial charge in [-0.1, -0.05) is 0 Å². The van der Waals surface area contributed by atoms with Crippen LogP contribution in [0.5, 0.6) is 0 Å². The molecular formula is C11H12BrN7O3S. The van der Waals surface area contributed by atoms with Crippen molar-refractivity contribution in [2.75, 3.05) is 12.0 Å². The molecule has 3 aromatic heterocycles. The standard InChI is InChI=1S/C10H8BrN7.CH4O3S/c11-7-8(12)15-10(18-6-2-4-14-18)16-9(7)17-5-1-3-13-17;1-5(2,3)4/h1-6H,(H2,12,15,16);1H3,(H,2,3,4). The lowest BCUT2D eigenvalue weighted by atomic mass is 10.5. The van der Waals surface area contributed by atoms with E-state index in [-0.39, 0.29) is 0 Å². The van der Waals surface area contributed by atoms with Gasteiger partial charge in [-0.05, 0) is 28.1 Å². The van der Waals surface area contributed by atoms with Crippen molar-refractivity contribution >= 4 is 31.9 Å². The first-order valence-electron chi connectivity index (χ1n) is 6.01. The molecule has 3 heterocycles. The van der Waals surface area contributed by atoms with E-state index in [4.69, 9.17) is 10.3 Å². The number of aromatic nitrogens is 6. The smallest absolute Gasteiger partial charge is 0.261 e. The molecule has 0 aliphatic rings. The summed E-state index contributed by atoms with van der Waals surface area (Å²) in [6, 6.07) is 3.59. The summed E-state index contributed by atoms with van der Waals surface area (Å²) in [5.74, 6) is 1.30. The van der Waals surface area contributed by atoms with E-state index < -0.39 is 10.1 Å². The van der Waals surface area contributed by atoms with E-state index in [9.17, 15) is 8.42 Å². The van der Waals surface area contributed by atoms with Crippen LogP contribution in [0.3, 0.4) is 0 Å². The third kappa shape index (κ3) is 4.84. The van der Waals surface area contributed by atoms with Crippen molar-refractivity contribution in [2.45, 2.75) is 0 Å². The topological polar surface area (TPSA) is 142 Å². The zero-order valence-electron chi connectivity index (χ0n) is 11.8. The van der Waals surface area contributed by atoms with Gasteiger partial charge in [0.05, 0.1) is 6.26 Å². The molecule has 3 N–H and O–H groups in total. The molecule has 3 rings (SSSR count). The van der Waals surface area contributed by atoms with Crippen molar-refractivity contribution in [3.05, 3.63) is 41.4 Å². The zero-order chi connectivity index (χ0) is 17.0. The van der Waals surface area contributed by atoms with Crippen LogP contribution in [0.15, 0.2) is 41.4 Å². The van der Waals surface area contributed by atoms with Crippen LogP contribution in [0, 0.1) is 0 Å². The Labute approximate surface area is 139 Å². The van der Waals surface area contributed by atoms with Gasteiger partial charge in [-0.25, -0.2) is 9.36 Å². The molecule has 10 nitrogen and oxygen atoms in total. The fraction of sp³-hybridized carbons (Fsp3) is 0.0909. The first kappa shape index (κ1) is 17.1. The number of nitrogen functional groups attached to an aromatic ring is 1. The molecule has 0 radical (unpaired) electrons. The first-order chi connectivity index (χ1) is 10.8. The summed E-state index contributed by atoms with van der Waals surface area (Å²) >= 11 is 3.36. The maximum atomic E-state index is 9.19. The molecular weight excluding hydrogens is 390 g/mol. The molecule has 0 atom stereocenters. The predicted octanol–water partition coefficient (Wildman–Crippen LogP) is 0.697. The first-order valence-corrected chi connectivity index (χ1v) is 8.65. The van der Waals surface area contributed by atoms with Crippen LogP contribution in [0.1, 0.15) is 0 Å². The average molecular weight is 402 g/mol. The monoisotopic (exact) mass is 401 g/mol. The third-order valence-corrected chi connectivity index (χ3v) is 3.04. The molecule has 3 aromatic rings. The fourth-order valence-corrected chi connectivity index (χ4v) is 1.83. The van der Waals surface area contributed by atoms with E-state index in [1.54, 1.807) is 41.6 Å². The van der Waals surface area contributed by atoms with Crippen LogP contribution in [0.2, 0.25) is 0 Å². The second-order valence-corrected chi connectivity index (χ2v) is 6.44. The number of nitrogens with two attached hydrogens (primary N) is 1. The largest absolute Gasteiger partial charge is 0.383 e. The van der Waals surface area contributed by atoms with Crippen LogP contribution < -0.4 is 5.73 Å². The van der Waals surface area contributed by atoms with Gasteiger partial charge in [-0.2, -0.15) is 28.6 Å². The van der Waals surface area contributed by atoms with Crippen molar-refractivity contribution < 1.29 is 13.0 Å². The molecule has 0 amide bonds. The summed E-state index contributed by atoms with van der Waals surface area (Å²) in [7, 11) is -3.67. The fourth-order valence-electron chi connectivity index (χ4n) is 1.48. The Bertz CT molecular complexity index is 871. The molecule has 0 saturated heterocycles. The highest BCUT2D eigenvalue weighted by Crippen LogP contribution is 2.24. The maximum absolute atomic E-state index is 9.19. The van der Waals surface area contributed by atoms with Crippen molar-refractivity contribution in [1.29, 1.82) is 0 Å². The van der Waals surface area contributed by atoms with E-state index in [0.717, 1.165) is 0 Å². The van der Waals surface area contributed by atoms with Crippen LogP contribution >= 0.6 is 15.9 Å². The lowest BCUT2D eigenvalue weighted by Crippen LogP contribution is -2.10. The van der Waals surface area contributed by atoms with Crippen LogP contribution in [-0.2, 0) is 10.1 Å². The second-order valence-electron chi connectivity index (χ2n) is 4.18. The van der Waals surface area contributed by atoms with Gasteiger partial charge in [-0.15, -0.1) is 0 Å². The molecule has 122 valence electrons. The van der Waals surface area contributed by atoms with Gasteiger partial charge in [0, 0.05) is 24.8 Å². The number of nitrogens with zero attached hydrogens (tertiary/aromatic N) is 6. The minimum absolute atomic E-state index is 0.334. The van der Waals surface area contributed by atoms with Gasteiger partial charge in [0.15, 0.2) is 5.82 Å². The Morgan fingerprint density at radius 3 is 2.13 bits per heavy atom. The van der Waals surface area contributed by atoms with E-state index in [1.807, 2.05) is 0 Å². The molecule has 12 heteroatoms. The number of halogens is 1. The van der Waals surface area contributed by atoms with Gasteiger partial charge in [0.1, 0.15) is 10.3 Å². The van der Waals surface area contributed by atoms with Crippen molar-refractivity contribution in [2.24, 2.45) is 0 Å². The Morgan fingerprint density at radius 2 is 1.65 bits per heavy atom. The Morgan fingerprint density at radius 1 is 1.13 bits per heavy atom. The average Bonchev–Trinajstić information content (AvgIpc) is 3.11. The Kier molecular flexibility index (Phi) is 5.08. The lowest BCUT2D eigenvalue weighted by molar-refractivity contribution is 0.490. The van der Waals surface area contributed by atoms with Gasteiger partial charge in [0.25, 0.3) is 16.1 Å². The summed E-state index contributed by atoms with van der Waals surface area (Å²) in [4.78, 5) is 8.55. The number of rotatable bonds is 2. The normalized spacial score (nSPS) is 10.9. The van der Waals surface area contributed by atoms with Crippen molar-refractivity contribution in [3.63, 3.8) is 0 Å². The van der Waals surface area contributed by atoms with E-state index in [2.05, 4.69) is 36.1 Å². The molecule has 0 spiro atoms. The van der Waals surface area contributed by atoms with Crippen LogP contribution in [-0.4, -0.2) is 48.8 Å². The predicted molar refractivity (Wildman–Crippen MR) is 85.9 cm³/mol. The Hall–Kier alpha value is -2.31. The Balaban J connectivity index is 0.000000338. The highest BCUT2D eigenvalue weighted by atomic mass is 79.9. The highest BCUT2D eigenvalue weighted by molar-refractivity contribution is 9.10. The molecule has 0 bridgehead atoms. The minimum atomic E-state index is -3.67. The van der Waals surface area contributed by atoms with Gasteiger partial charge < -0.3 is 5.73 Å². The molecule has 0 aromatic carbocycles. The molecule has 0 aliphatic carbocycles. The highest BCUT2D eigenvalue weighted by Gasteiger charge is 2.13. The van der Waals surface area contributed by atoms with E-state index >= 15 is 0 Å².